The number of likely N-dealkylation sites (tertiary alicyclic amines) is 1. The highest BCUT2D eigenvalue weighted by molar-refractivity contribution is 7.89. The molecule has 24 heavy (non-hydrogen) atoms. The Bertz CT molecular complexity index is 698. The van der Waals surface area contributed by atoms with Gasteiger partial charge in [-0.3, -0.25) is 0 Å². The summed E-state index contributed by atoms with van der Waals surface area (Å²) in [6.45, 7) is 7.25. The van der Waals surface area contributed by atoms with Gasteiger partial charge in [-0.15, -0.1) is 0 Å². The van der Waals surface area contributed by atoms with Crippen molar-refractivity contribution in [2.24, 2.45) is 5.14 Å². The van der Waals surface area contributed by atoms with Crippen LogP contribution in [-0.4, -0.2) is 44.1 Å². The van der Waals surface area contributed by atoms with Gasteiger partial charge in [0, 0.05) is 25.7 Å². The zero-order valence-electron chi connectivity index (χ0n) is 14.3. The van der Waals surface area contributed by atoms with Crippen LogP contribution in [0.1, 0.15) is 32.8 Å². The largest absolute Gasteiger partial charge is 0.444 e. The Morgan fingerprint density at radius 1 is 1.42 bits per heavy atom. The van der Waals surface area contributed by atoms with Gasteiger partial charge >= 0.3 is 6.09 Å². The molecule has 1 atom stereocenters. The second kappa shape index (κ2) is 7.08. The van der Waals surface area contributed by atoms with Crippen LogP contribution in [-0.2, 0) is 21.3 Å². The zero-order valence-corrected chi connectivity index (χ0v) is 15.1. The van der Waals surface area contributed by atoms with Gasteiger partial charge in [-0.25, -0.2) is 18.4 Å². The summed E-state index contributed by atoms with van der Waals surface area (Å²) in [4.78, 5) is 13.8. The second-order valence-corrected chi connectivity index (χ2v) is 8.55. The molecule has 1 aliphatic rings. The Morgan fingerprint density at radius 2 is 2.12 bits per heavy atom. The van der Waals surface area contributed by atoms with E-state index < -0.39 is 15.6 Å². The summed E-state index contributed by atoms with van der Waals surface area (Å²) in [7, 11) is -3.70. The molecule has 1 aromatic rings. The normalized spacial score (nSPS) is 18.7. The van der Waals surface area contributed by atoms with Crippen molar-refractivity contribution in [3.05, 3.63) is 29.8 Å². The lowest BCUT2D eigenvalue weighted by Gasteiger charge is -2.24. The molecule has 0 aliphatic carbocycles. The van der Waals surface area contributed by atoms with Crippen LogP contribution in [0.3, 0.4) is 0 Å². The van der Waals surface area contributed by atoms with Gasteiger partial charge in [0.15, 0.2) is 0 Å². The van der Waals surface area contributed by atoms with Crippen LogP contribution in [0.25, 0.3) is 0 Å². The zero-order chi connectivity index (χ0) is 18.0. The van der Waals surface area contributed by atoms with Crippen molar-refractivity contribution in [1.29, 1.82) is 0 Å². The number of ether oxygens (including phenoxy) is 1. The predicted octanol–water partition coefficient (Wildman–Crippen LogP) is 1.43. The van der Waals surface area contributed by atoms with Crippen LogP contribution < -0.4 is 10.5 Å². The van der Waals surface area contributed by atoms with Gasteiger partial charge in [-0.2, -0.15) is 0 Å². The number of hydrogen-bond donors (Lipinski definition) is 2. The molecule has 2 rings (SSSR count). The molecule has 7 nitrogen and oxygen atoms in total. The SMILES string of the molecule is CC(C)(C)OC(=O)N1CCC(NCc2cccc(S(N)(=O)=O)c2)C1. The molecule has 1 aliphatic heterocycles. The Labute approximate surface area is 143 Å². The minimum Gasteiger partial charge on any atom is -0.444 e. The first-order valence-electron chi connectivity index (χ1n) is 7.88. The van der Waals surface area contributed by atoms with Crippen LogP contribution in [0.2, 0.25) is 0 Å². The van der Waals surface area contributed by atoms with Gasteiger partial charge < -0.3 is 15.0 Å². The highest BCUT2D eigenvalue weighted by Gasteiger charge is 2.29. The van der Waals surface area contributed by atoms with Crippen LogP contribution in [0, 0.1) is 0 Å². The van der Waals surface area contributed by atoms with E-state index in [0.717, 1.165) is 12.0 Å². The fraction of sp³-hybridized carbons (Fsp3) is 0.562. The lowest BCUT2D eigenvalue weighted by molar-refractivity contribution is 0.0291. The first-order valence-corrected chi connectivity index (χ1v) is 9.42. The van der Waals surface area contributed by atoms with Crippen LogP contribution in [0.15, 0.2) is 29.2 Å². The van der Waals surface area contributed by atoms with Crippen molar-refractivity contribution >= 4 is 16.1 Å². The number of carbonyl (C=O) groups is 1. The third-order valence-electron chi connectivity index (χ3n) is 3.66. The fourth-order valence-electron chi connectivity index (χ4n) is 2.51. The highest BCUT2D eigenvalue weighted by atomic mass is 32.2. The lowest BCUT2D eigenvalue weighted by atomic mass is 10.2. The Kier molecular flexibility index (Phi) is 5.52. The van der Waals surface area contributed by atoms with E-state index in [-0.39, 0.29) is 17.0 Å². The Hall–Kier alpha value is -1.64. The average molecular weight is 355 g/mol. The van der Waals surface area contributed by atoms with E-state index in [1.807, 2.05) is 26.8 Å². The number of benzene rings is 1. The van der Waals surface area contributed by atoms with Crippen LogP contribution in [0.4, 0.5) is 4.79 Å². The molecule has 0 aromatic heterocycles. The third kappa shape index (κ3) is 5.47. The molecule has 1 aromatic carbocycles. The number of rotatable bonds is 4. The molecule has 1 heterocycles. The number of amides is 1. The summed E-state index contributed by atoms with van der Waals surface area (Å²) in [6, 6.07) is 6.68. The number of nitrogens with two attached hydrogens (primary N) is 1. The monoisotopic (exact) mass is 355 g/mol. The van der Waals surface area contributed by atoms with E-state index in [1.165, 1.54) is 6.07 Å². The van der Waals surface area contributed by atoms with Crippen molar-refractivity contribution < 1.29 is 17.9 Å². The van der Waals surface area contributed by atoms with Gasteiger partial charge in [-0.05, 0) is 44.9 Å². The molecule has 1 fully saturated rings. The average Bonchev–Trinajstić information content (AvgIpc) is 2.92. The van der Waals surface area contributed by atoms with Crippen LogP contribution >= 0.6 is 0 Å². The van der Waals surface area contributed by atoms with Gasteiger partial charge in [0.2, 0.25) is 10.0 Å². The van der Waals surface area contributed by atoms with Crippen molar-refractivity contribution in [3.8, 4) is 0 Å². The summed E-state index contributed by atoms with van der Waals surface area (Å²) in [5.74, 6) is 0. The molecule has 0 bridgehead atoms. The van der Waals surface area contributed by atoms with Crippen molar-refractivity contribution in [2.45, 2.75) is 50.3 Å². The van der Waals surface area contributed by atoms with E-state index in [0.29, 0.717) is 19.6 Å². The number of nitrogens with zero attached hydrogens (tertiary/aromatic N) is 1. The molecular weight excluding hydrogens is 330 g/mol. The number of sulfonamides is 1. The van der Waals surface area contributed by atoms with E-state index in [4.69, 9.17) is 9.88 Å². The smallest absolute Gasteiger partial charge is 0.410 e. The fourth-order valence-corrected chi connectivity index (χ4v) is 3.10. The van der Waals surface area contributed by atoms with E-state index >= 15 is 0 Å². The molecule has 0 spiro atoms. The summed E-state index contributed by atoms with van der Waals surface area (Å²) in [5.41, 5.74) is 0.328. The summed E-state index contributed by atoms with van der Waals surface area (Å²) >= 11 is 0. The number of carbonyl (C=O) groups excluding carboxylic acids is 1. The van der Waals surface area contributed by atoms with E-state index in [9.17, 15) is 13.2 Å². The first-order chi connectivity index (χ1) is 11.0. The maximum Gasteiger partial charge on any atom is 0.410 e. The van der Waals surface area contributed by atoms with Crippen molar-refractivity contribution in [1.82, 2.24) is 10.2 Å². The molecule has 134 valence electrons. The number of nitrogens with one attached hydrogen (secondary N) is 1. The summed E-state index contributed by atoms with van der Waals surface area (Å²) < 4.78 is 28.1. The maximum atomic E-state index is 12.0. The third-order valence-corrected chi connectivity index (χ3v) is 4.57. The van der Waals surface area contributed by atoms with Crippen molar-refractivity contribution in [2.75, 3.05) is 13.1 Å². The number of hydrogen-bond acceptors (Lipinski definition) is 5. The van der Waals surface area contributed by atoms with Gasteiger partial charge in [-0.1, -0.05) is 12.1 Å². The molecule has 0 saturated carbocycles. The van der Waals surface area contributed by atoms with Crippen molar-refractivity contribution in [3.63, 3.8) is 0 Å². The topological polar surface area (TPSA) is 102 Å². The lowest BCUT2D eigenvalue weighted by Crippen LogP contribution is -2.38. The molecular formula is C16H25N3O4S. The van der Waals surface area contributed by atoms with Gasteiger partial charge in [0.05, 0.1) is 4.90 Å². The quantitative estimate of drug-likeness (QED) is 0.851. The minimum atomic E-state index is -3.70. The molecule has 1 unspecified atom stereocenters. The molecule has 1 saturated heterocycles. The van der Waals surface area contributed by atoms with E-state index in [1.54, 1.807) is 17.0 Å². The standard InChI is InChI=1S/C16H25N3O4S/c1-16(2,3)23-15(20)19-8-7-13(11-19)18-10-12-5-4-6-14(9-12)24(17,21)22/h4-6,9,13,18H,7-8,10-11H2,1-3H3,(H2,17,21,22). The molecule has 0 radical (unpaired) electrons. The highest BCUT2D eigenvalue weighted by Crippen LogP contribution is 2.16. The summed E-state index contributed by atoms with van der Waals surface area (Å²) in [6.07, 6.45) is 0.525. The molecule has 3 N–H and O–H groups in total. The Morgan fingerprint density at radius 3 is 2.75 bits per heavy atom. The first kappa shape index (κ1) is 18.7. The predicted molar refractivity (Wildman–Crippen MR) is 90.9 cm³/mol. The molecule has 1 amide bonds. The minimum absolute atomic E-state index is 0.101. The molecule has 8 heteroatoms. The Balaban J connectivity index is 1.87. The van der Waals surface area contributed by atoms with E-state index in [2.05, 4.69) is 5.32 Å². The van der Waals surface area contributed by atoms with Crippen LogP contribution in [0.5, 0.6) is 0 Å². The number of primary sulfonamides is 1. The summed E-state index contributed by atoms with van der Waals surface area (Å²) in [5, 5.41) is 8.48. The second-order valence-electron chi connectivity index (χ2n) is 6.99. The van der Waals surface area contributed by atoms with Gasteiger partial charge in [0.25, 0.3) is 0 Å². The maximum absolute atomic E-state index is 12.0. The van der Waals surface area contributed by atoms with Gasteiger partial charge in [0.1, 0.15) is 5.60 Å².